The molecule has 1 saturated carbocycles. The van der Waals surface area contributed by atoms with E-state index in [2.05, 4.69) is 19.4 Å². The lowest BCUT2D eigenvalue weighted by atomic mass is 10.2. The van der Waals surface area contributed by atoms with Crippen LogP contribution in [0, 0.1) is 0 Å². The van der Waals surface area contributed by atoms with Crippen molar-refractivity contribution in [3.05, 3.63) is 12.5 Å². The molecule has 0 amide bonds. The normalized spacial score (nSPS) is 20.9. The molecule has 4 rings (SSSR count). The largest absolute Gasteiger partial charge is 0.378 e. The van der Waals surface area contributed by atoms with Crippen LogP contribution in [0.1, 0.15) is 31.7 Å². The van der Waals surface area contributed by atoms with Gasteiger partial charge >= 0.3 is 0 Å². The van der Waals surface area contributed by atoms with Crippen LogP contribution in [-0.2, 0) is 4.74 Å². The van der Waals surface area contributed by atoms with E-state index < -0.39 is 0 Å². The second-order valence-electron chi connectivity index (χ2n) is 5.57. The molecular formula is C14H19N5O. The van der Waals surface area contributed by atoms with Crippen molar-refractivity contribution in [2.24, 2.45) is 0 Å². The molecule has 20 heavy (non-hydrogen) atoms. The molecule has 1 aliphatic heterocycles. The van der Waals surface area contributed by atoms with Gasteiger partial charge in [0, 0.05) is 19.1 Å². The number of rotatable bonds is 2. The molecule has 0 radical (unpaired) electrons. The monoisotopic (exact) mass is 273 g/mol. The van der Waals surface area contributed by atoms with Crippen molar-refractivity contribution in [2.75, 3.05) is 31.2 Å². The van der Waals surface area contributed by atoms with Gasteiger partial charge in [-0.2, -0.15) is 4.98 Å². The summed E-state index contributed by atoms with van der Waals surface area (Å²) in [5.74, 6) is 0.806. The van der Waals surface area contributed by atoms with Crippen LogP contribution >= 0.6 is 0 Å². The predicted molar refractivity (Wildman–Crippen MR) is 75.9 cm³/mol. The zero-order chi connectivity index (χ0) is 13.4. The fourth-order valence-electron chi connectivity index (χ4n) is 3.18. The average Bonchev–Trinajstić information content (AvgIpc) is 3.16. The lowest BCUT2D eigenvalue weighted by Gasteiger charge is -2.26. The Kier molecular flexibility index (Phi) is 3.03. The number of aromatic nitrogens is 4. The van der Waals surface area contributed by atoms with Gasteiger partial charge in [-0.05, 0) is 12.8 Å². The Labute approximate surface area is 117 Å². The maximum Gasteiger partial charge on any atom is 0.227 e. The second kappa shape index (κ2) is 5.01. The summed E-state index contributed by atoms with van der Waals surface area (Å²) >= 11 is 0. The number of fused-ring (bicyclic) bond motifs is 1. The Balaban J connectivity index is 1.71. The van der Waals surface area contributed by atoms with E-state index in [4.69, 9.17) is 9.72 Å². The maximum atomic E-state index is 5.38. The molecule has 1 aliphatic carbocycles. The van der Waals surface area contributed by atoms with E-state index >= 15 is 0 Å². The summed E-state index contributed by atoms with van der Waals surface area (Å²) in [6, 6.07) is 0.562. The molecule has 2 aliphatic rings. The highest BCUT2D eigenvalue weighted by molar-refractivity contribution is 5.71. The molecule has 0 aromatic carbocycles. The lowest BCUT2D eigenvalue weighted by molar-refractivity contribution is 0.122. The van der Waals surface area contributed by atoms with Crippen LogP contribution in [0.25, 0.3) is 11.2 Å². The number of morpholine rings is 1. The van der Waals surface area contributed by atoms with Crippen LogP contribution < -0.4 is 4.90 Å². The maximum absolute atomic E-state index is 5.38. The third-order valence-electron chi connectivity index (χ3n) is 4.32. The zero-order valence-electron chi connectivity index (χ0n) is 11.5. The quantitative estimate of drug-likeness (QED) is 0.834. The van der Waals surface area contributed by atoms with Crippen LogP contribution in [0.2, 0.25) is 0 Å². The first-order valence-electron chi connectivity index (χ1n) is 7.44. The van der Waals surface area contributed by atoms with Gasteiger partial charge in [0.25, 0.3) is 0 Å². The molecule has 0 N–H and O–H groups in total. The molecule has 1 saturated heterocycles. The van der Waals surface area contributed by atoms with Gasteiger partial charge in [0.2, 0.25) is 5.95 Å². The van der Waals surface area contributed by atoms with Crippen molar-refractivity contribution in [2.45, 2.75) is 31.7 Å². The SMILES string of the molecule is c1nc(N2CCOCC2)nc2c1ncn2C1CCCC1. The summed E-state index contributed by atoms with van der Waals surface area (Å²) in [6.07, 6.45) is 8.87. The number of nitrogens with zero attached hydrogens (tertiary/aromatic N) is 5. The molecular weight excluding hydrogens is 254 g/mol. The van der Waals surface area contributed by atoms with Crippen molar-refractivity contribution in [3.8, 4) is 0 Å². The minimum absolute atomic E-state index is 0.562. The molecule has 2 fully saturated rings. The van der Waals surface area contributed by atoms with Gasteiger partial charge in [-0.3, -0.25) is 0 Å². The third kappa shape index (κ3) is 2.04. The number of hydrogen-bond donors (Lipinski definition) is 0. The van der Waals surface area contributed by atoms with E-state index in [-0.39, 0.29) is 0 Å². The minimum Gasteiger partial charge on any atom is -0.378 e. The first-order chi connectivity index (χ1) is 9.92. The predicted octanol–water partition coefficient (Wildman–Crippen LogP) is 1.78. The summed E-state index contributed by atoms with van der Waals surface area (Å²) in [6.45, 7) is 3.23. The van der Waals surface area contributed by atoms with E-state index in [1.165, 1.54) is 25.7 Å². The average molecular weight is 273 g/mol. The van der Waals surface area contributed by atoms with E-state index in [1.807, 2.05) is 12.5 Å². The third-order valence-corrected chi connectivity index (χ3v) is 4.32. The fraction of sp³-hybridized carbons (Fsp3) is 0.643. The van der Waals surface area contributed by atoms with E-state index in [0.717, 1.165) is 43.4 Å². The van der Waals surface area contributed by atoms with Crippen molar-refractivity contribution in [1.29, 1.82) is 0 Å². The molecule has 0 unspecified atom stereocenters. The summed E-state index contributed by atoms with van der Waals surface area (Å²) in [7, 11) is 0. The van der Waals surface area contributed by atoms with Gasteiger partial charge in [0.05, 0.1) is 25.7 Å². The smallest absolute Gasteiger partial charge is 0.227 e. The summed E-state index contributed by atoms with van der Waals surface area (Å²) in [4.78, 5) is 15.9. The van der Waals surface area contributed by atoms with Crippen LogP contribution in [0.3, 0.4) is 0 Å². The van der Waals surface area contributed by atoms with Crippen molar-refractivity contribution >= 4 is 17.1 Å². The number of imidazole rings is 1. The molecule has 6 nitrogen and oxygen atoms in total. The van der Waals surface area contributed by atoms with Crippen LogP contribution in [0.4, 0.5) is 5.95 Å². The van der Waals surface area contributed by atoms with Gasteiger partial charge in [0.1, 0.15) is 5.52 Å². The van der Waals surface area contributed by atoms with Gasteiger partial charge in [0.15, 0.2) is 5.65 Å². The Morgan fingerprint density at radius 1 is 1.10 bits per heavy atom. The van der Waals surface area contributed by atoms with E-state index in [1.54, 1.807) is 0 Å². The summed E-state index contributed by atoms with van der Waals surface area (Å²) in [5.41, 5.74) is 1.88. The Morgan fingerprint density at radius 3 is 2.70 bits per heavy atom. The molecule has 0 atom stereocenters. The van der Waals surface area contributed by atoms with Crippen LogP contribution in [-0.4, -0.2) is 45.8 Å². The topological polar surface area (TPSA) is 56.1 Å². The number of ether oxygens (including phenoxy) is 1. The summed E-state index contributed by atoms with van der Waals surface area (Å²) in [5, 5.41) is 0. The zero-order valence-corrected chi connectivity index (χ0v) is 11.5. The first-order valence-corrected chi connectivity index (χ1v) is 7.44. The van der Waals surface area contributed by atoms with Gasteiger partial charge in [-0.1, -0.05) is 12.8 Å². The van der Waals surface area contributed by atoms with Crippen molar-refractivity contribution in [1.82, 2.24) is 19.5 Å². The fourth-order valence-corrected chi connectivity index (χ4v) is 3.18. The minimum atomic E-state index is 0.562. The van der Waals surface area contributed by atoms with Crippen molar-refractivity contribution in [3.63, 3.8) is 0 Å². The number of hydrogen-bond acceptors (Lipinski definition) is 5. The Bertz CT molecular complexity index is 599. The molecule has 106 valence electrons. The van der Waals surface area contributed by atoms with Crippen LogP contribution in [0.5, 0.6) is 0 Å². The first kappa shape index (κ1) is 12.1. The highest BCUT2D eigenvalue weighted by Crippen LogP contribution is 2.31. The van der Waals surface area contributed by atoms with Gasteiger partial charge in [-0.25, -0.2) is 9.97 Å². The molecule has 6 heteroatoms. The molecule has 2 aromatic rings. The Morgan fingerprint density at radius 2 is 1.90 bits per heavy atom. The van der Waals surface area contributed by atoms with Gasteiger partial charge in [-0.15, -0.1) is 0 Å². The second-order valence-corrected chi connectivity index (χ2v) is 5.57. The van der Waals surface area contributed by atoms with E-state index in [0.29, 0.717) is 6.04 Å². The van der Waals surface area contributed by atoms with E-state index in [9.17, 15) is 0 Å². The van der Waals surface area contributed by atoms with Crippen LogP contribution in [0.15, 0.2) is 12.5 Å². The number of anilines is 1. The molecule has 3 heterocycles. The van der Waals surface area contributed by atoms with Crippen molar-refractivity contribution < 1.29 is 4.74 Å². The molecule has 0 spiro atoms. The highest BCUT2D eigenvalue weighted by atomic mass is 16.5. The lowest BCUT2D eigenvalue weighted by Crippen LogP contribution is -2.37. The summed E-state index contributed by atoms with van der Waals surface area (Å²) < 4.78 is 7.63. The Hall–Kier alpha value is -1.69. The van der Waals surface area contributed by atoms with Gasteiger partial charge < -0.3 is 14.2 Å². The highest BCUT2D eigenvalue weighted by Gasteiger charge is 2.21. The standard InChI is InChI=1S/C14H19N5O/c1-2-4-11(3-1)19-10-16-12-9-15-14(17-13(12)19)18-5-7-20-8-6-18/h9-11H,1-8H2. The molecule has 2 aromatic heterocycles. The molecule has 0 bridgehead atoms.